The fourth-order valence-electron chi connectivity index (χ4n) is 1.81. The number of hydrogen-bond donors (Lipinski definition) is 1. The molecule has 0 aliphatic carbocycles. The first-order chi connectivity index (χ1) is 6.76. The van der Waals surface area contributed by atoms with Crippen molar-refractivity contribution in [2.24, 2.45) is 0 Å². The summed E-state index contributed by atoms with van der Waals surface area (Å²) >= 11 is 1.68. The van der Waals surface area contributed by atoms with Crippen LogP contribution >= 0.6 is 11.3 Å². The van der Waals surface area contributed by atoms with Crippen molar-refractivity contribution in [3.63, 3.8) is 0 Å². The molecule has 14 heavy (non-hydrogen) atoms. The van der Waals surface area contributed by atoms with E-state index in [4.69, 9.17) is 5.11 Å². The Hall–Kier alpha value is -0.860. The Bertz CT molecular complexity index is 457. The lowest BCUT2D eigenvalue weighted by Gasteiger charge is -2.02. The first kappa shape index (κ1) is 9.69. The zero-order valence-electron chi connectivity index (χ0n) is 8.50. The molecule has 0 fully saturated rings. The monoisotopic (exact) mass is 206 g/mol. The lowest BCUT2D eigenvalue weighted by atomic mass is 10.0. The summed E-state index contributed by atoms with van der Waals surface area (Å²) in [4.78, 5) is 1.05. The van der Waals surface area contributed by atoms with Crippen LogP contribution in [-0.2, 0) is 13.0 Å². The van der Waals surface area contributed by atoms with Crippen molar-refractivity contribution < 1.29 is 5.11 Å². The van der Waals surface area contributed by atoms with Crippen LogP contribution in [0.1, 0.15) is 22.9 Å². The molecular weight excluding hydrogens is 192 g/mol. The number of hydrogen-bond acceptors (Lipinski definition) is 2. The Labute approximate surface area is 88.0 Å². The minimum absolute atomic E-state index is 0.153. The molecule has 0 aliphatic rings. The zero-order valence-corrected chi connectivity index (χ0v) is 9.32. The fourth-order valence-corrected chi connectivity index (χ4v) is 2.79. The predicted octanol–water partition coefficient (Wildman–Crippen LogP) is 3.26. The van der Waals surface area contributed by atoms with E-state index in [2.05, 4.69) is 32.0 Å². The molecule has 2 heteroatoms. The fraction of sp³-hybridized carbons (Fsp3) is 0.333. The molecule has 1 N–H and O–H groups in total. The molecule has 1 nitrogen and oxygen atoms in total. The molecule has 2 rings (SSSR count). The van der Waals surface area contributed by atoms with Gasteiger partial charge in [-0.1, -0.05) is 13.0 Å². The van der Waals surface area contributed by atoms with Gasteiger partial charge in [-0.05, 0) is 42.0 Å². The molecule has 0 saturated carbocycles. The van der Waals surface area contributed by atoms with E-state index >= 15 is 0 Å². The Balaban J connectivity index is 2.68. The SMILES string of the molecule is CCc1ccc2sc(CO)cc2c1C. The average molecular weight is 206 g/mol. The Morgan fingerprint density at radius 1 is 1.36 bits per heavy atom. The molecule has 0 saturated heterocycles. The molecule has 0 amide bonds. The number of thiophene rings is 1. The van der Waals surface area contributed by atoms with Gasteiger partial charge in [0, 0.05) is 9.58 Å². The van der Waals surface area contributed by atoms with E-state index in [9.17, 15) is 0 Å². The Morgan fingerprint density at radius 3 is 2.79 bits per heavy atom. The van der Waals surface area contributed by atoms with Gasteiger partial charge in [-0.25, -0.2) is 0 Å². The molecule has 0 unspecified atom stereocenters. The Morgan fingerprint density at radius 2 is 2.14 bits per heavy atom. The highest BCUT2D eigenvalue weighted by Gasteiger charge is 2.05. The van der Waals surface area contributed by atoms with Crippen molar-refractivity contribution in [1.82, 2.24) is 0 Å². The molecule has 1 heterocycles. The van der Waals surface area contributed by atoms with Crippen LogP contribution in [0.5, 0.6) is 0 Å². The van der Waals surface area contributed by atoms with E-state index in [0.29, 0.717) is 0 Å². The molecule has 0 atom stereocenters. The number of rotatable bonds is 2. The molecule has 0 spiro atoms. The van der Waals surface area contributed by atoms with Crippen LogP contribution in [-0.4, -0.2) is 5.11 Å². The zero-order chi connectivity index (χ0) is 10.1. The predicted molar refractivity (Wildman–Crippen MR) is 61.9 cm³/mol. The summed E-state index contributed by atoms with van der Waals surface area (Å²) in [7, 11) is 0. The van der Waals surface area contributed by atoms with Gasteiger partial charge in [0.2, 0.25) is 0 Å². The number of aliphatic hydroxyl groups excluding tert-OH is 1. The summed E-state index contributed by atoms with van der Waals surface area (Å²) in [6.45, 7) is 4.49. The highest BCUT2D eigenvalue weighted by molar-refractivity contribution is 7.19. The lowest BCUT2D eigenvalue weighted by molar-refractivity contribution is 0.285. The summed E-state index contributed by atoms with van der Waals surface area (Å²) in [5.41, 5.74) is 2.76. The van der Waals surface area contributed by atoms with Gasteiger partial charge in [-0.2, -0.15) is 0 Å². The number of aryl methyl sites for hydroxylation is 2. The second-order valence-corrected chi connectivity index (χ2v) is 4.65. The van der Waals surface area contributed by atoms with Crippen molar-refractivity contribution in [2.45, 2.75) is 26.9 Å². The highest BCUT2D eigenvalue weighted by atomic mass is 32.1. The summed E-state index contributed by atoms with van der Waals surface area (Å²) < 4.78 is 1.28. The van der Waals surface area contributed by atoms with Gasteiger partial charge in [0.1, 0.15) is 0 Å². The number of aliphatic hydroxyl groups is 1. The third kappa shape index (κ3) is 1.45. The van der Waals surface area contributed by atoms with Gasteiger partial charge in [-0.3, -0.25) is 0 Å². The van der Waals surface area contributed by atoms with E-state index in [1.807, 2.05) is 0 Å². The summed E-state index contributed by atoms with van der Waals surface area (Å²) in [6, 6.07) is 6.45. The second kappa shape index (κ2) is 3.71. The average Bonchev–Trinajstić information content (AvgIpc) is 2.62. The molecule has 2 aromatic rings. The minimum atomic E-state index is 0.153. The molecule has 1 aromatic carbocycles. The molecule has 0 radical (unpaired) electrons. The van der Waals surface area contributed by atoms with Crippen molar-refractivity contribution >= 4 is 21.4 Å². The van der Waals surface area contributed by atoms with E-state index in [1.54, 1.807) is 11.3 Å². The Kier molecular flexibility index (Phi) is 2.57. The standard InChI is InChI=1S/C12H14OS/c1-3-9-4-5-12-11(8(9)2)6-10(7-13)14-12/h4-6,13H,3,7H2,1-2H3. The molecule has 74 valence electrons. The summed E-state index contributed by atoms with van der Waals surface area (Å²) in [6.07, 6.45) is 1.08. The van der Waals surface area contributed by atoms with Gasteiger partial charge in [0.15, 0.2) is 0 Å². The van der Waals surface area contributed by atoms with Crippen LogP contribution in [0.2, 0.25) is 0 Å². The van der Waals surface area contributed by atoms with Crippen LogP contribution in [0.3, 0.4) is 0 Å². The van der Waals surface area contributed by atoms with Crippen molar-refractivity contribution in [3.05, 3.63) is 34.2 Å². The maximum Gasteiger partial charge on any atom is 0.0774 e. The van der Waals surface area contributed by atoms with Crippen molar-refractivity contribution in [1.29, 1.82) is 0 Å². The number of benzene rings is 1. The minimum Gasteiger partial charge on any atom is -0.391 e. The molecular formula is C12H14OS. The van der Waals surface area contributed by atoms with Crippen molar-refractivity contribution in [2.75, 3.05) is 0 Å². The van der Waals surface area contributed by atoms with E-state index in [1.165, 1.54) is 21.2 Å². The van der Waals surface area contributed by atoms with Gasteiger partial charge < -0.3 is 5.11 Å². The van der Waals surface area contributed by atoms with Crippen LogP contribution in [0.4, 0.5) is 0 Å². The lowest BCUT2D eigenvalue weighted by Crippen LogP contribution is -1.85. The molecule has 0 bridgehead atoms. The van der Waals surface area contributed by atoms with Gasteiger partial charge >= 0.3 is 0 Å². The number of fused-ring (bicyclic) bond motifs is 1. The third-order valence-corrected chi connectivity index (χ3v) is 3.76. The summed E-state index contributed by atoms with van der Waals surface area (Å²) in [5.74, 6) is 0. The first-order valence-corrected chi connectivity index (χ1v) is 5.69. The maximum atomic E-state index is 9.07. The van der Waals surface area contributed by atoms with Crippen LogP contribution in [0.15, 0.2) is 18.2 Å². The largest absolute Gasteiger partial charge is 0.391 e. The first-order valence-electron chi connectivity index (χ1n) is 4.88. The van der Waals surface area contributed by atoms with E-state index in [0.717, 1.165) is 11.3 Å². The normalized spacial score (nSPS) is 11.1. The quantitative estimate of drug-likeness (QED) is 0.799. The van der Waals surface area contributed by atoms with Crippen molar-refractivity contribution in [3.8, 4) is 0 Å². The van der Waals surface area contributed by atoms with E-state index < -0.39 is 0 Å². The third-order valence-electron chi connectivity index (χ3n) is 2.67. The van der Waals surface area contributed by atoms with Gasteiger partial charge in [-0.15, -0.1) is 11.3 Å². The van der Waals surface area contributed by atoms with Crippen LogP contribution in [0.25, 0.3) is 10.1 Å². The highest BCUT2D eigenvalue weighted by Crippen LogP contribution is 2.30. The van der Waals surface area contributed by atoms with Gasteiger partial charge in [0.25, 0.3) is 0 Å². The molecule has 0 aliphatic heterocycles. The smallest absolute Gasteiger partial charge is 0.0774 e. The second-order valence-electron chi connectivity index (χ2n) is 3.49. The van der Waals surface area contributed by atoms with E-state index in [-0.39, 0.29) is 6.61 Å². The topological polar surface area (TPSA) is 20.2 Å². The molecule has 1 aromatic heterocycles. The van der Waals surface area contributed by atoms with Crippen LogP contribution in [0, 0.1) is 6.92 Å². The van der Waals surface area contributed by atoms with Gasteiger partial charge in [0.05, 0.1) is 6.61 Å². The van der Waals surface area contributed by atoms with Crippen LogP contribution < -0.4 is 0 Å². The maximum absolute atomic E-state index is 9.07. The summed E-state index contributed by atoms with van der Waals surface area (Å²) in [5, 5.41) is 10.4.